The summed E-state index contributed by atoms with van der Waals surface area (Å²) in [6.45, 7) is 3.68. The van der Waals surface area contributed by atoms with Crippen molar-refractivity contribution in [1.82, 2.24) is 4.90 Å². The molecule has 1 heterocycles. The Labute approximate surface area is 213 Å². The smallest absolute Gasteiger partial charge is 0.449 e. The molecule has 1 saturated heterocycles. The number of carbonyl (C=O) groups is 2. The fourth-order valence-corrected chi connectivity index (χ4v) is 4.70. The lowest BCUT2D eigenvalue weighted by Crippen LogP contribution is -2.37. The molecule has 8 heteroatoms. The first-order chi connectivity index (χ1) is 17.2. The number of unbranched alkanes of at least 4 members (excludes halogenated alkanes) is 9. The van der Waals surface area contributed by atoms with Crippen molar-refractivity contribution in [1.29, 1.82) is 0 Å². The molecule has 0 unspecified atom stereocenters. The van der Waals surface area contributed by atoms with Gasteiger partial charge in [-0.1, -0.05) is 76.8 Å². The molecule has 1 aliphatic heterocycles. The topological polar surface area (TPSA) is 55.8 Å². The van der Waals surface area contributed by atoms with Gasteiger partial charge in [-0.2, -0.15) is 13.2 Å². The van der Waals surface area contributed by atoms with Crippen LogP contribution in [0.2, 0.25) is 0 Å². The minimum Gasteiger partial charge on any atom is -0.489 e. The molecule has 0 amide bonds. The third kappa shape index (κ3) is 10.9. The molecule has 0 aromatic heterocycles. The van der Waals surface area contributed by atoms with Crippen molar-refractivity contribution in [3.63, 3.8) is 0 Å². The van der Waals surface area contributed by atoms with Gasteiger partial charge in [-0.3, -0.25) is 14.5 Å². The number of methoxy groups -OCH3 is 1. The van der Waals surface area contributed by atoms with Crippen molar-refractivity contribution in [2.45, 2.75) is 109 Å². The average Bonchev–Trinajstić information content (AvgIpc) is 3.25. The minimum atomic E-state index is -4.79. The van der Waals surface area contributed by atoms with Crippen LogP contribution in [0.5, 0.6) is 5.75 Å². The van der Waals surface area contributed by atoms with E-state index >= 15 is 0 Å². The summed E-state index contributed by atoms with van der Waals surface area (Å²) in [6.07, 6.45) is 7.59. The number of ketones is 1. The maximum absolute atomic E-state index is 12.4. The summed E-state index contributed by atoms with van der Waals surface area (Å²) in [5.74, 6) is -1.38. The Morgan fingerprint density at radius 2 is 1.53 bits per heavy atom. The van der Waals surface area contributed by atoms with E-state index in [1.165, 1.54) is 58.5 Å². The molecule has 0 spiro atoms. The van der Waals surface area contributed by atoms with Crippen LogP contribution in [0.4, 0.5) is 13.2 Å². The molecule has 1 aromatic carbocycles. The lowest BCUT2D eigenvalue weighted by Gasteiger charge is -2.21. The van der Waals surface area contributed by atoms with E-state index in [-0.39, 0.29) is 24.5 Å². The number of carbonyl (C=O) groups excluding carboxylic acids is 2. The zero-order chi connectivity index (χ0) is 26.4. The maximum Gasteiger partial charge on any atom is 0.449 e. The van der Waals surface area contributed by atoms with E-state index in [1.54, 1.807) is 24.3 Å². The largest absolute Gasteiger partial charge is 0.489 e. The Balaban J connectivity index is 1.74. The van der Waals surface area contributed by atoms with Gasteiger partial charge in [0.15, 0.2) is 0 Å². The molecule has 0 saturated carbocycles. The highest BCUT2D eigenvalue weighted by Crippen LogP contribution is 2.26. The van der Waals surface area contributed by atoms with Gasteiger partial charge in [-0.25, -0.2) is 0 Å². The van der Waals surface area contributed by atoms with Crippen molar-refractivity contribution in [2.75, 3.05) is 20.2 Å². The summed E-state index contributed by atoms with van der Waals surface area (Å²) in [7, 11) is 1.40. The number of alkyl halides is 3. The summed E-state index contributed by atoms with van der Waals surface area (Å²) in [5, 5.41) is 0. The van der Waals surface area contributed by atoms with Crippen LogP contribution >= 0.6 is 0 Å². The number of halogens is 3. The second-order valence-electron chi connectivity index (χ2n) is 9.76. The SMILES string of the molecule is CCCCCCCCCCCCN1C[C@@H](Oc2ccc(CCC(=O)C(F)(F)F)cc2)C[C@H]1C(=O)OC. The fourth-order valence-electron chi connectivity index (χ4n) is 4.70. The van der Waals surface area contributed by atoms with Crippen LogP contribution < -0.4 is 4.74 Å². The number of esters is 1. The zero-order valence-corrected chi connectivity index (χ0v) is 21.8. The second kappa shape index (κ2) is 15.9. The first kappa shape index (κ1) is 30.1. The minimum absolute atomic E-state index is 0.0269. The number of rotatable bonds is 17. The number of likely N-dealkylation sites (tertiary alicyclic amines) is 1. The van der Waals surface area contributed by atoms with E-state index in [4.69, 9.17) is 9.47 Å². The van der Waals surface area contributed by atoms with E-state index in [2.05, 4.69) is 11.8 Å². The van der Waals surface area contributed by atoms with Gasteiger partial charge in [0.05, 0.1) is 7.11 Å². The molecule has 0 aliphatic carbocycles. The highest BCUT2D eigenvalue weighted by Gasteiger charge is 2.38. The van der Waals surface area contributed by atoms with E-state index in [0.29, 0.717) is 24.3 Å². The van der Waals surface area contributed by atoms with Gasteiger partial charge >= 0.3 is 12.1 Å². The van der Waals surface area contributed by atoms with Crippen LogP contribution in [-0.4, -0.2) is 55.2 Å². The molecule has 204 valence electrons. The average molecular weight is 514 g/mol. The normalized spacial score (nSPS) is 18.4. The molecule has 5 nitrogen and oxygen atoms in total. The Morgan fingerprint density at radius 3 is 2.08 bits per heavy atom. The number of hydrogen-bond donors (Lipinski definition) is 0. The summed E-state index contributed by atoms with van der Waals surface area (Å²) in [4.78, 5) is 25.5. The van der Waals surface area contributed by atoms with E-state index < -0.39 is 18.4 Å². The Morgan fingerprint density at radius 1 is 0.944 bits per heavy atom. The van der Waals surface area contributed by atoms with Gasteiger partial charge in [-0.15, -0.1) is 0 Å². The Kier molecular flexibility index (Phi) is 13.3. The Hall–Kier alpha value is -2.09. The summed E-state index contributed by atoms with van der Waals surface area (Å²) in [6, 6.07) is 6.42. The maximum atomic E-state index is 12.4. The van der Waals surface area contributed by atoms with E-state index in [1.807, 2.05) is 0 Å². The summed E-state index contributed by atoms with van der Waals surface area (Å²) < 4.78 is 48.2. The number of ether oxygens (including phenoxy) is 2. The number of hydrogen-bond acceptors (Lipinski definition) is 5. The van der Waals surface area contributed by atoms with Gasteiger partial charge in [-0.05, 0) is 37.1 Å². The lowest BCUT2D eigenvalue weighted by molar-refractivity contribution is -0.171. The van der Waals surface area contributed by atoms with Crippen LogP contribution in [0, 0.1) is 0 Å². The summed E-state index contributed by atoms with van der Waals surface area (Å²) in [5.41, 5.74) is 0.640. The fraction of sp³-hybridized carbons (Fsp3) is 0.714. The molecule has 36 heavy (non-hydrogen) atoms. The second-order valence-corrected chi connectivity index (χ2v) is 9.76. The van der Waals surface area contributed by atoms with Gasteiger partial charge in [0.25, 0.3) is 0 Å². The molecular formula is C28H42F3NO4. The summed E-state index contributed by atoms with van der Waals surface area (Å²) >= 11 is 0. The molecule has 1 aliphatic rings. The highest BCUT2D eigenvalue weighted by molar-refractivity contribution is 5.84. The predicted molar refractivity (Wildman–Crippen MR) is 134 cm³/mol. The highest BCUT2D eigenvalue weighted by atomic mass is 19.4. The van der Waals surface area contributed by atoms with Crippen molar-refractivity contribution >= 4 is 11.8 Å². The molecule has 2 atom stereocenters. The third-order valence-corrected chi connectivity index (χ3v) is 6.82. The van der Waals surface area contributed by atoms with E-state index in [0.717, 1.165) is 19.4 Å². The monoisotopic (exact) mass is 513 g/mol. The van der Waals surface area contributed by atoms with Crippen molar-refractivity contribution in [3.05, 3.63) is 29.8 Å². The van der Waals surface area contributed by atoms with Gasteiger partial charge in [0.2, 0.25) is 5.78 Å². The molecule has 1 fully saturated rings. The molecular weight excluding hydrogens is 471 g/mol. The van der Waals surface area contributed by atoms with Crippen LogP contribution in [-0.2, 0) is 20.7 Å². The number of Topliss-reactive ketones (excluding diaryl/α,β-unsaturated/α-hetero) is 1. The molecule has 1 aromatic rings. The van der Waals surface area contributed by atoms with Crippen LogP contribution in [0.1, 0.15) is 89.5 Å². The van der Waals surface area contributed by atoms with Crippen LogP contribution in [0.25, 0.3) is 0 Å². The number of aryl methyl sites for hydroxylation is 1. The number of nitrogens with zero attached hydrogens (tertiary/aromatic N) is 1. The van der Waals surface area contributed by atoms with Crippen molar-refractivity contribution in [2.24, 2.45) is 0 Å². The van der Waals surface area contributed by atoms with Crippen LogP contribution in [0.3, 0.4) is 0 Å². The molecule has 0 bridgehead atoms. The number of benzene rings is 1. The third-order valence-electron chi connectivity index (χ3n) is 6.82. The van der Waals surface area contributed by atoms with Crippen molar-refractivity contribution in [3.8, 4) is 5.75 Å². The van der Waals surface area contributed by atoms with Gasteiger partial charge < -0.3 is 9.47 Å². The first-order valence-corrected chi connectivity index (χ1v) is 13.4. The quantitative estimate of drug-likeness (QED) is 0.172. The van der Waals surface area contributed by atoms with Gasteiger partial charge in [0.1, 0.15) is 17.9 Å². The zero-order valence-electron chi connectivity index (χ0n) is 21.8. The molecule has 0 N–H and O–H groups in total. The van der Waals surface area contributed by atoms with E-state index in [9.17, 15) is 22.8 Å². The predicted octanol–water partition coefficient (Wildman–Crippen LogP) is 6.67. The molecule has 0 radical (unpaired) electrons. The van der Waals surface area contributed by atoms with Crippen LogP contribution in [0.15, 0.2) is 24.3 Å². The van der Waals surface area contributed by atoms with Crippen molar-refractivity contribution < 1.29 is 32.2 Å². The van der Waals surface area contributed by atoms with Gasteiger partial charge in [0, 0.05) is 19.4 Å². The lowest BCUT2D eigenvalue weighted by atomic mass is 10.1. The Bertz CT molecular complexity index is 782. The standard InChI is InChI=1S/C28H42F3NO4/c1-3-4-5-6-7-8-9-10-11-12-19-32-21-24(20-25(32)27(34)35-2)36-23-16-13-22(14-17-23)15-18-26(33)28(29,30)31/h13-14,16-17,24-25H,3-12,15,18-21H2,1-2H3/t24-,25-/m0/s1. The molecule has 2 rings (SSSR count). The first-order valence-electron chi connectivity index (χ1n) is 13.4.